The number of halogens is 1. The van der Waals surface area contributed by atoms with Crippen molar-refractivity contribution < 1.29 is 4.39 Å². The van der Waals surface area contributed by atoms with Gasteiger partial charge in [-0.25, -0.2) is 0 Å². The zero-order valence-corrected chi connectivity index (χ0v) is 6.05. The van der Waals surface area contributed by atoms with Crippen molar-refractivity contribution in [2.45, 2.75) is 6.42 Å². The van der Waals surface area contributed by atoms with Gasteiger partial charge in [0, 0.05) is 12.1 Å². The first-order chi connectivity index (χ1) is 5.38. The molecule has 2 heteroatoms. The molecule has 2 rings (SSSR count). The third-order valence-electron chi connectivity index (χ3n) is 1.87. The Bertz CT molecular complexity index is 304. The topological polar surface area (TPSA) is 12.4 Å². The van der Waals surface area contributed by atoms with Crippen LogP contribution in [0.3, 0.4) is 0 Å². The highest BCUT2D eigenvalue weighted by atomic mass is 19.1. The van der Waals surface area contributed by atoms with Gasteiger partial charge in [0.15, 0.2) is 0 Å². The van der Waals surface area contributed by atoms with Crippen molar-refractivity contribution in [3.8, 4) is 0 Å². The van der Waals surface area contributed by atoms with E-state index in [9.17, 15) is 4.39 Å². The zero-order valence-electron chi connectivity index (χ0n) is 6.05. The maximum absolute atomic E-state index is 12.9. The number of nitrogens with zero attached hydrogens (tertiary/aromatic N) is 1. The predicted molar refractivity (Wildman–Crippen MR) is 42.7 cm³/mol. The number of hydrogen-bond donors (Lipinski definition) is 0. The van der Waals surface area contributed by atoms with E-state index in [0.717, 1.165) is 12.0 Å². The Balaban J connectivity index is 2.56. The summed E-state index contributed by atoms with van der Waals surface area (Å²) in [6.07, 6.45) is 0.865. The zero-order chi connectivity index (χ0) is 7.68. The molecule has 56 valence electrons. The first-order valence-electron chi connectivity index (χ1n) is 3.66. The van der Waals surface area contributed by atoms with Crippen LogP contribution in [0.2, 0.25) is 0 Å². The lowest BCUT2D eigenvalue weighted by Crippen LogP contribution is -2.07. The molecule has 0 spiro atoms. The Kier molecular flexibility index (Phi) is 1.46. The molecule has 0 bridgehead atoms. The summed E-state index contributed by atoms with van der Waals surface area (Å²) in [6.45, 7) is 0.586. The normalized spacial score (nSPS) is 15.5. The van der Waals surface area contributed by atoms with Crippen molar-refractivity contribution in [2.75, 3.05) is 6.54 Å². The molecule has 1 aromatic rings. The van der Waals surface area contributed by atoms with Gasteiger partial charge in [0.2, 0.25) is 5.97 Å². The fourth-order valence-electron chi connectivity index (χ4n) is 1.30. The second-order valence-corrected chi connectivity index (χ2v) is 2.58. The highest BCUT2D eigenvalue weighted by molar-refractivity contribution is 5.95. The average molecular weight is 149 g/mol. The number of rotatable bonds is 0. The molecule has 11 heavy (non-hydrogen) atoms. The summed E-state index contributed by atoms with van der Waals surface area (Å²) in [5, 5.41) is 0. The lowest BCUT2D eigenvalue weighted by atomic mass is 10.0. The van der Waals surface area contributed by atoms with Gasteiger partial charge in [-0.15, -0.1) is 0 Å². The summed E-state index contributed by atoms with van der Waals surface area (Å²) in [5.74, 6) is -0.313. The molecule has 0 amide bonds. The molecule has 1 aromatic carbocycles. The molecule has 0 unspecified atom stereocenters. The van der Waals surface area contributed by atoms with Gasteiger partial charge < -0.3 is 0 Å². The van der Waals surface area contributed by atoms with Crippen molar-refractivity contribution in [1.82, 2.24) is 0 Å². The smallest absolute Gasteiger partial charge is 0.215 e. The molecule has 0 fully saturated rings. The van der Waals surface area contributed by atoms with Crippen molar-refractivity contribution >= 4 is 5.97 Å². The molecule has 1 heterocycles. The molecule has 1 nitrogen and oxygen atoms in total. The SMILES string of the molecule is FC1=NCCc2ccccc21. The predicted octanol–water partition coefficient (Wildman–Crippen LogP) is 1.96. The Morgan fingerprint density at radius 1 is 1.27 bits per heavy atom. The summed E-state index contributed by atoms with van der Waals surface area (Å²) in [7, 11) is 0. The highest BCUT2D eigenvalue weighted by Crippen LogP contribution is 2.15. The number of aliphatic imine (C=N–C) groups is 1. The Labute approximate surface area is 64.6 Å². The fourth-order valence-corrected chi connectivity index (χ4v) is 1.30. The molecule has 0 atom stereocenters. The standard InChI is InChI=1S/C9H8FN/c10-9-8-4-2-1-3-7(8)5-6-11-9/h1-4H,5-6H2. The van der Waals surface area contributed by atoms with E-state index in [1.54, 1.807) is 6.07 Å². The fraction of sp³-hybridized carbons (Fsp3) is 0.222. The van der Waals surface area contributed by atoms with E-state index in [-0.39, 0.29) is 5.97 Å². The van der Waals surface area contributed by atoms with Crippen LogP contribution >= 0.6 is 0 Å². The summed E-state index contributed by atoms with van der Waals surface area (Å²) in [4.78, 5) is 3.72. The lowest BCUT2D eigenvalue weighted by molar-refractivity contribution is 0.769. The first-order valence-corrected chi connectivity index (χ1v) is 3.66. The second-order valence-electron chi connectivity index (χ2n) is 2.58. The van der Waals surface area contributed by atoms with Crippen LogP contribution in [0.15, 0.2) is 29.3 Å². The summed E-state index contributed by atoms with van der Waals surface area (Å²) in [6, 6.07) is 7.48. The molecule has 0 radical (unpaired) electrons. The largest absolute Gasteiger partial charge is 0.257 e. The molecule has 0 saturated carbocycles. The molecule has 1 aliphatic rings. The molecule has 0 aliphatic carbocycles. The monoisotopic (exact) mass is 149 g/mol. The van der Waals surface area contributed by atoms with Gasteiger partial charge in [0.25, 0.3) is 0 Å². The maximum atomic E-state index is 12.9. The number of fused-ring (bicyclic) bond motifs is 1. The second kappa shape index (κ2) is 2.46. The van der Waals surface area contributed by atoms with Crippen LogP contribution < -0.4 is 0 Å². The lowest BCUT2D eigenvalue weighted by Gasteiger charge is -2.09. The summed E-state index contributed by atoms with van der Waals surface area (Å²) in [5.41, 5.74) is 1.73. The highest BCUT2D eigenvalue weighted by Gasteiger charge is 2.11. The average Bonchev–Trinajstić information content (AvgIpc) is 2.06. The molecular weight excluding hydrogens is 141 g/mol. The van der Waals surface area contributed by atoms with Gasteiger partial charge in [0.1, 0.15) is 0 Å². The van der Waals surface area contributed by atoms with E-state index in [1.165, 1.54) is 0 Å². The van der Waals surface area contributed by atoms with E-state index in [2.05, 4.69) is 4.99 Å². The van der Waals surface area contributed by atoms with Crippen molar-refractivity contribution in [3.63, 3.8) is 0 Å². The summed E-state index contributed by atoms with van der Waals surface area (Å²) >= 11 is 0. The number of hydrogen-bond acceptors (Lipinski definition) is 1. The minimum atomic E-state index is -0.313. The molecule has 0 N–H and O–H groups in total. The van der Waals surface area contributed by atoms with Crippen LogP contribution in [0.25, 0.3) is 0 Å². The Hall–Kier alpha value is -1.18. The van der Waals surface area contributed by atoms with Gasteiger partial charge in [-0.1, -0.05) is 24.3 Å². The third kappa shape index (κ3) is 1.04. The quantitative estimate of drug-likeness (QED) is 0.534. The van der Waals surface area contributed by atoms with Crippen LogP contribution in [0.1, 0.15) is 11.1 Å². The van der Waals surface area contributed by atoms with Gasteiger partial charge >= 0.3 is 0 Å². The van der Waals surface area contributed by atoms with Gasteiger partial charge in [-0.05, 0) is 12.0 Å². The minimum Gasteiger partial charge on any atom is -0.257 e. The van der Waals surface area contributed by atoms with Gasteiger partial charge in [0.05, 0.1) is 0 Å². The van der Waals surface area contributed by atoms with Crippen LogP contribution in [0.5, 0.6) is 0 Å². The summed E-state index contributed by atoms with van der Waals surface area (Å²) < 4.78 is 12.9. The van der Waals surface area contributed by atoms with Gasteiger partial charge in [-0.3, -0.25) is 4.99 Å². The van der Waals surface area contributed by atoms with Crippen LogP contribution in [-0.2, 0) is 6.42 Å². The Morgan fingerprint density at radius 2 is 2.09 bits per heavy atom. The van der Waals surface area contributed by atoms with E-state index >= 15 is 0 Å². The van der Waals surface area contributed by atoms with Crippen LogP contribution in [-0.4, -0.2) is 12.5 Å². The van der Waals surface area contributed by atoms with Crippen molar-refractivity contribution in [1.29, 1.82) is 0 Å². The van der Waals surface area contributed by atoms with E-state index in [0.29, 0.717) is 12.1 Å². The molecular formula is C9H8FN. The van der Waals surface area contributed by atoms with Crippen molar-refractivity contribution in [2.24, 2.45) is 4.99 Å². The van der Waals surface area contributed by atoms with E-state index < -0.39 is 0 Å². The van der Waals surface area contributed by atoms with E-state index in [1.807, 2.05) is 18.2 Å². The van der Waals surface area contributed by atoms with Crippen LogP contribution in [0, 0.1) is 0 Å². The molecule has 0 saturated heterocycles. The first kappa shape index (κ1) is 6.53. The third-order valence-corrected chi connectivity index (χ3v) is 1.87. The molecule has 0 aromatic heterocycles. The van der Waals surface area contributed by atoms with Crippen molar-refractivity contribution in [3.05, 3.63) is 35.4 Å². The molecule has 1 aliphatic heterocycles. The number of benzene rings is 1. The van der Waals surface area contributed by atoms with Crippen LogP contribution in [0.4, 0.5) is 4.39 Å². The van der Waals surface area contributed by atoms with Gasteiger partial charge in [-0.2, -0.15) is 4.39 Å². The maximum Gasteiger partial charge on any atom is 0.215 e. The Morgan fingerprint density at radius 3 is 2.91 bits per heavy atom. The van der Waals surface area contributed by atoms with E-state index in [4.69, 9.17) is 0 Å². The minimum absolute atomic E-state index is 0.313.